The number of nitrogens with one attached hydrogen (secondary N) is 1. The highest BCUT2D eigenvalue weighted by Crippen LogP contribution is 2.33. The van der Waals surface area contributed by atoms with Crippen molar-refractivity contribution in [1.82, 2.24) is 29.5 Å². The summed E-state index contributed by atoms with van der Waals surface area (Å²) in [6.07, 6.45) is 5.77. The van der Waals surface area contributed by atoms with Crippen molar-refractivity contribution in [3.63, 3.8) is 0 Å². The SMILES string of the molecule is Cc1cc(Nc2ncnc3cc(OCCCN(C)C)c(N)cc23)ccc1Oc1ccn2ncnc2c1. The first-order valence-corrected chi connectivity index (χ1v) is 11.6. The fraction of sp³-hybridized carbons (Fsp3) is 0.231. The van der Waals surface area contributed by atoms with Gasteiger partial charge in [-0.05, 0) is 63.3 Å². The number of pyridine rings is 1. The Bertz CT molecular complexity index is 1520. The van der Waals surface area contributed by atoms with Crippen LogP contribution in [-0.4, -0.2) is 56.7 Å². The molecule has 0 radical (unpaired) electrons. The summed E-state index contributed by atoms with van der Waals surface area (Å²) in [5, 5.41) is 8.30. The van der Waals surface area contributed by atoms with Crippen LogP contribution in [0.3, 0.4) is 0 Å². The summed E-state index contributed by atoms with van der Waals surface area (Å²) < 4.78 is 13.7. The Kier molecular flexibility index (Phi) is 6.50. The predicted molar refractivity (Wildman–Crippen MR) is 140 cm³/mol. The number of rotatable bonds is 9. The van der Waals surface area contributed by atoms with Gasteiger partial charge in [0.05, 0.1) is 17.8 Å². The van der Waals surface area contributed by atoms with Gasteiger partial charge < -0.3 is 25.4 Å². The minimum atomic E-state index is 0.551. The lowest BCUT2D eigenvalue weighted by atomic mass is 10.1. The molecule has 0 spiro atoms. The average Bonchev–Trinajstić information content (AvgIpc) is 3.32. The molecule has 5 aromatic rings. The Morgan fingerprint density at radius 1 is 1.00 bits per heavy atom. The molecule has 0 aliphatic carbocycles. The third-order valence-corrected chi connectivity index (χ3v) is 5.69. The van der Waals surface area contributed by atoms with Crippen molar-refractivity contribution < 1.29 is 9.47 Å². The highest BCUT2D eigenvalue weighted by atomic mass is 16.5. The Morgan fingerprint density at radius 3 is 2.72 bits per heavy atom. The van der Waals surface area contributed by atoms with E-state index in [1.807, 2.05) is 69.7 Å². The van der Waals surface area contributed by atoms with E-state index in [1.165, 1.54) is 12.7 Å². The molecule has 0 fully saturated rings. The average molecular weight is 485 g/mol. The lowest BCUT2D eigenvalue weighted by molar-refractivity contribution is 0.283. The van der Waals surface area contributed by atoms with Gasteiger partial charge in [-0.15, -0.1) is 0 Å². The van der Waals surface area contributed by atoms with E-state index in [0.29, 0.717) is 29.6 Å². The topological polar surface area (TPSA) is 116 Å². The standard InChI is InChI=1S/C26H28N8O2/c1-17-11-18(5-6-23(17)36-19-7-9-34-25(12-19)29-16-31-34)32-26-20-13-21(27)24(14-22(20)28-15-30-26)35-10-4-8-33(2)3/h5-7,9,11-16H,4,8,10,27H2,1-3H3,(H,28,30,32). The molecule has 0 atom stereocenters. The minimum Gasteiger partial charge on any atom is -0.491 e. The highest BCUT2D eigenvalue weighted by molar-refractivity contribution is 5.94. The van der Waals surface area contributed by atoms with Crippen LogP contribution in [0.25, 0.3) is 16.6 Å². The molecule has 2 aromatic carbocycles. The number of nitrogens with zero attached hydrogens (tertiary/aromatic N) is 6. The minimum absolute atomic E-state index is 0.551. The number of anilines is 3. The molecular weight excluding hydrogens is 456 g/mol. The van der Waals surface area contributed by atoms with Gasteiger partial charge in [-0.3, -0.25) is 0 Å². The molecule has 0 bridgehead atoms. The van der Waals surface area contributed by atoms with E-state index >= 15 is 0 Å². The van der Waals surface area contributed by atoms with Crippen molar-refractivity contribution >= 4 is 33.7 Å². The number of nitrogen functional groups attached to an aromatic ring is 1. The van der Waals surface area contributed by atoms with Gasteiger partial charge >= 0.3 is 0 Å². The number of benzene rings is 2. The van der Waals surface area contributed by atoms with Gasteiger partial charge in [0.25, 0.3) is 0 Å². The van der Waals surface area contributed by atoms with Gasteiger partial charge in [0.15, 0.2) is 5.65 Å². The van der Waals surface area contributed by atoms with Crippen LogP contribution in [0.5, 0.6) is 17.2 Å². The predicted octanol–water partition coefficient (Wildman–Crippen LogP) is 4.43. The molecule has 36 heavy (non-hydrogen) atoms. The Balaban J connectivity index is 1.32. The van der Waals surface area contributed by atoms with Gasteiger partial charge in [-0.1, -0.05) is 0 Å². The van der Waals surface area contributed by atoms with Crippen LogP contribution < -0.4 is 20.5 Å². The van der Waals surface area contributed by atoms with Crippen molar-refractivity contribution in [2.75, 3.05) is 38.3 Å². The van der Waals surface area contributed by atoms with Gasteiger partial charge in [-0.2, -0.15) is 5.10 Å². The Morgan fingerprint density at radius 2 is 1.89 bits per heavy atom. The summed E-state index contributed by atoms with van der Waals surface area (Å²) in [5.74, 6) is 2.73. The third-order valence-electron chi connectivity index (χ3n) is 5.69. The van der Waals surface area contributed by atoms with E-state index in [9.17, 15) is 0 Å². The maximum Gasteiger partial charge on any atom is 0.158 e. The first-order chi connectivity index (χ1) is 17.5. The van der Waals surface area contributed by atoms with Crippen molar-refractivity contribution in [3.05, 3.63) is 66.9 Å². The van der Waals surface area contributed by atoms with E-state index < -0.39 is 0 Å². The number of hydrogen-bond acceptors (Lipinski definition) is 9. The van der Waals surface area contributed by atoms with Crippen LogP contribution >= 0.6 is 0 Å². The van der Waals surface area contributed by atoms with E-state index in [0.717, 1.165) is 46.5 Å². The second-order valence-electron chi connectivity index (χ2n) is 8.77. The second kappa shape index (κ2) is 10.0. The van der Waals surface area contributed by atoms with E-state index in [4.69, 9.17) is 15.2 Å². The number of hydrogen-bond donors (Lipinski definition) is 2. The molecule has 0 unspecified atom stereocenters. The summed E-state index contributed by atoms with van der Waals surface area (Å²) in [6, 6.07) is 13.3. The van der Waals surface area contributed by atoms with Gasteiger partial charge in [0.1, 0.15) is 35.7 Å². The molecule has 10 nitrogen and oxygen atoms in total. The molecule has 3 heterocycles. The maximum atomic E-state index is 6.29. The third kappa shape index (κ3) is 5.13. The first-order valence-electron chi connectivity index (χ1n) is 11.6. The van der Waals surface area contributed by atoms with Gasteiger partial charge in [0, 0.05) is 35.9 Å². The second-order valence-corrected chi connectivity index (χ2v) is 8.77. The highest BCUT2D eigenvalue weighted by Gasteiger charge is 2.11. The molecule has 0 aliphatic heterocycles. The first kappa shape index (κ1) is 23.3. The van der Waals surface area contributed by atoms with E-state index in [2.05, 4.69) is 30.3 Å². The largest absolute Gasteiger partial charge is 0.491 e. The fourth-order valence-corrected chi connectivity index (χ4v) is 3.85. The Labute approximate surface area is 208 Å². The number of fused-ring (bicyclic) bond motifs is 2. The van der Waals surface area contributed by atoms with Crippen LogP contribution in [0, 0.1) is 6.92 Å². The summed E-state index contributed by atoms with van der Waals surface area (Å²) in [7, 11) is 4.08. The van der Waals surface area contributed by atoms with Gasteiger partial charge in [-0.25, -0.2) is 19.5 Å². The van der Waals surface area contributed by atoms with Crippen LogP contribution in [-0.2, 0) is 0 Å². The number of aromatic nitrogens is 5. The summed E-state index contributed by atoms with van der Waals surface area (Å²) in [6.45, 7) is 3.53. The lowest BCUT2D eigenvalue weighted by Gasteiger charge is -2.14. The Hall–Kier alpha value is -4.44. The molecule has 0 aliphatic rings. The fourth-order valence-electron chi connectivity index (χ4n) is 3.85. The number of aryl methyl sites for hydroxylation is 1. The quantitative estimate of drug-likeness (QED) is 0.231. The molecular formula is C26H28N8O2. The van der Waals surface area contributed by atoms with E-state index in [-0.39, 0.29) is 0 Å². The zero-order valence-electron chi connectivity index (χ0n) is 20.5. The van der Waals surface area contributed by atoms with Crippen LogP contribution in [0.15, 0.2) is 61.3 Å². The number of ether oxygens (including phenoxy) is 2. The summed E-state index contributed by atoms with van der Waals surface area (Å²) in [4.78, 5) is 15.2. The van der Waals surface area contributed by atoms with Gasteiger partial charge in [0.2, 0.25) is 0 Å². The molecule has 10 heteroatoms. The monoisotopic (exact) mass is 484 g/mol. The molecule has 3 aromatic heterocycles. The van der Waals surface area contributed by atoms with Crippen molar-refractivity contribution in [2.24, 2.45) is 0 Å². The van der Waals surface area contributed by atoms with Crippen molar-refractivity contribution in [2.45, 2.75) is 13.3 Å². The lowest BCUT2D eigenvalue weighted by Crippen LogP contribution is -2.15. The molecule has 5 rings (SSSR count). The molecule has 0 saturated heterocycles. The van der Waals surface area contributed by atoms with E-state index in [1.54, 1.807) is 4.52 Å². The van der Waals surface area contributed by atoms with Crippen LogP contribution in [0.1, 0.15) is 12.0 Å². The maximum absolute atomic E-state index is 6.29. The van der Waals surface area contributed by atoms with Crippen molar-refractivity contribution in [3.8, 4) is 17.2 Å². The smallest absolute Gasteiger partial charge is 0.158 e. The summed E-state index contributed by atoms with van der Waals surface area (Å²) >= 11 is 0. The molecule has 0 saturated carbocycles. The molecule has 0 amide bonds. The zero-order chi connectivity index (χ0) is 25.1. The molecule has 3 N–H and O–H groups in total. The van der Waals surface area contributed by atoms with Crippen LogP contribution in [0.2, 0.25) is 0 Å². The normalized spacial score (nSPS) is 11.3. The van der Waals surface area contributed by atoms with Crippen LogP contribution in [0.4, 0.5) is 17.2 Å². The zero-order valence-corrected chi connectivity index (χ0v) is 20.5. The number of nitrogens with two attached hydrogens (primary N) is 1. The van der Waals surface area contributed by atoms with Crippen molar-refractivity contribution in [1.29, 1.82) is 0 Å². The molecule has 184 valence electrons. The summed E-state index contributed by atoms with van der Waals surface area (Å²) in [5.41, 5.74) is 10.2.